The molecule has 0 fully saturated rings. The minimum atomic E-state index is 0.255. The molecule has 0 spiro atoms. The van der Waals surface area contributed by atoms with Gasteiger partial charge in [0.2, 0.25) is 0 Å². The van der Waals surface area contributed by atoms with Crippen LogP contribution in [0.5, 0.6) is 5.75 Å². The van der Waals surface area contributed by atoms with Gasteiger partial charge in [-0.05, 0) is 24.0 Å². The number of methoxy groups -OCH3 is 1. The molecule has 14 heavy (non-hydrogen) atoms. The highest BCUT2D eigenvalue weighted by Crippen LogP contribution is 2.13. The normalized spacial score (nSPS) is 9.86. The molecule has 0 aliphatic carbocycles. The number of carbonyl (C=O) groups excluding carboxylic acids is 1. The van der Waals surface area contributed by atoms with E-state index in [1.54, 1.807) is 18.9 Å². The van der Waals surface area contributed by atoms with E-state index in [0.717, 1.165) is 11.3 Å². The Morgan fingerprint density at radius 3 is 2.93 bits per heavy atom. The van der Waals surface area contributed by atoms with Gasteiger partial charge in [-0.2, -0.15) is 11.8 Å². The molecule has 0 saturated heterocycles. The van der Waals surface area contributed by atoms with Gasteiger partial charge >= 0.3 is 0 Å². The van der Waals surface area contributed by atoms with Crippen LogP contribution in [0.2, 0.25) is 0 Å². The first-order chi connectivity index (χ1) is 6.76. The molecule has 0 bridgehead atoms. The van der Waals surface area contributed by atoms with E-state index < -0.39 is 0 Å². The van der Waals surface area contributed by atoms with Crippen molar-refractivity contribution in [2.45, 2.75) is 6.42 Å². The molecular formula is C11H14O2S. The predicted octanol–water partition coefficient (Wildman–Crippen LogP) is 2.17. The fraction of sp³-hybridized carbons (Fsp3) is 0.364. The van der Waals surface area contributed by atoms with E-state index in [2.05, 4.69) is 0 Å². The molecule has 0 aromatic heterocycles. The maximum Gasteiger partial charge on any atom is 0.147 e. The van der Waals surface area contributed by atoms with Gasteiger partial charge in [-0.25, -0.2) is 0 Å². The number of benzene rings is 1. The van der Waals surface area contributed by atoms with Crippen LogP contribution in [-0.2, 0) is 11.2 Å². The second-order valence-electron chi connectivity index (χ2n) is 3.00. The molecule has 0 atom stereocenters. The van der Waals surface area contributed by atoms with Crippen LogP contribution in [-0.4, -0.2) is 24.9 Å². The van der Waals surface area contributed by atoms with Gasteiger partial charge in [0.15, 0.2) is 0 Å². The van der Waals surface area contributed by atoms with Gasteiger partial charge in [-0.3, -0.25) is 4.79 Å². The van der Waals surface area contributed by atoms with Gasteiger partial charge in [0.05, 0.1) is 12.9 Å². The van der Waals surface area contributed by atoms with E-state index >= 15 is 0 Å². The van der Waals surface area contributed by atoms with Gasteiger partial charge < -0.3 is 4.74 Å². The minimum absolute atomic E-state index is 0.255. The van der Waals surface area contributed by atoms with E-state index in [1.165, 1.54) is 0 Å². The lowest BCUT2D eigenvalue weighted by atomic mass is 10.1. The molecule has 3 heteroatoms. The van der Waals surface area contributed by atoms with Crippen LogP contribution < -0.4 is 4.74 Å². The van der Waals surface area contributed by atoms with Crippen LogP contribution in [0.4, 0.5) is 0 Å². The lowest BCUT2D eigenvalue weighted by Crippen LogP contribution is -2.05. The second-order valence-corrected chi connectivity index (χ2v) is 3.87. The van der Waals surface area contributed by atoms with Crippen molar-refractivity contribution >= 4 is 17.5 Å². The topological polar surface area (TPSA) is 26.3 Å². The highest BCUT2D eigenvalue weighted by Gasteiger charge is 2.03. The number of rotatable bonds is 5. The van der Waals surface area contributed by atoms with E-state index in [9.17, 15) is 4.79 Å². The average molecular weight is 210 g/mol. The van der Waals surface area contributed by atoms with Crippen molar-refractivity contribution in [3.05, 3.63) is 29.8 Å². The van der Waals surface area contributed by atoms with Crippen molar-refractivity contribution in [3.63, 3.8) is 0 Å². The maximum absolute atomic E-state index is 11.4. The van der Waals surface area contributed by atoms with Gasteiger partial charge in [-0.15, -0.1) is 0 Å². The van der Waals surface area contributed by atoms with Crippen molar-refractivity contribution in [2.75, 3.05) is 19.1 Å². The smallest absolute Gasteiger partial charge is 0.147 e. The highest BCUT2D eigenvalue weighted by atomic mass is 32.2. The molecule has 1 aromatic carbocycles. The van der Waals surface area contributed by atoms with Crippen molar-refractivity contribution in [2.24, 2.45) is 0 Å². The van der Waals surface area contributed by atoms with E-state index in [-0.39, 0.29) is 5.78 Å². The number of carbonyl (C=O) groups is 1. The molecule has 0 aliphatic rings. The number of hydrogen-bond donors (Lipinski definition) is 0. The summed E-state index contributed by atoms with van der Waals surface area (Å²) in [7, 11) is 1.63. The third kappa shape index (κ3) is 3.42. The van der Waals surface area contributed by atoms with Crippen molar-refractivity contribution in [3.8, 4) is 5.75 Å². The molecule has 0 N–H and O–H groups in total. The van der Waals surface area contributed by atoms with Crippen LogP contribution in [0.15, 0.2) is 24.3 Å². The number of ether oxygens (including phenoxy) is 1. The summed E-state index contributed by atoms with van der Waals surface area (Å²) in [5.74, 6) is 1.64. The van der Waals surface area contributed by atoms with Crippen LogP contribution in [0.3, 0.4) is 0 Å². The zero-order chi connectivity index (χ0) is 10.4. The fourth-order valence-electron chi connectivity index (χ4n) is 1.22. The zero-order valence-corrected chi connectivity index (χ0v) is 9.26. The number of Topliss-reactive ketones (excluding diaryl/α,β-unsaturated/α-hetero) is 1. The Balaban J connectivity index is 2.62. The zero-order valence-electron chi connectivity index (χ0n) is 8.45. The van der Waals surface area contributed by atoms with E-state index in [1.807, 2.05) is 30.5 Å². The van der Waals surface area contributed by atoms with Gasteiger partial charge in [0.1, 0.15) is 11.5 Å². The first kappa shape index (κ1) is 11.1. The van der Waals surface area contributed by atoms with Crippen LogP contribution in [0.1, 0.15) is 5.56 Å². The van der Waals surface area contributed by atoms with Gasteiger partial charge in [0.25, 0.3) is 0 Å². The van der Waals surface area contributed by atoms with Crippen LogP contribution in [0, 0.1) is 0 Å². The summed E-state index contributed by atoms with van der Waals surface area (Å²) >= 11 is 1.56. The minimum Gasteiger partial charge on any atom is -0.497 e. The summed E-state index contributed by atoms with van der Waals surface area (Å²) in [6.45, 7) is 0. The molecule has 0 aliphatic heterocycles. The Morgan fingerprint density at radius 1 is 1.50 bits per heavy atom. The van der Waals surface area contributed by atoms with E-state index in [4.69, 9.17) is 4.74 Å². The molecule has 2 nitrogen and oxygen atoms in total. The Labute approximate surface area is 88.7 Å². The first-order valence-corrected chi connectivity index (χ1v) is 5.79. The largest absolute Gasteiger partial charge is 0.497 e. The Hall–Kier alpha value is -0.960. The predicted molar refractivity (Wildman–Crippen MR) is 60.1 cm³/mol. The second kappa shape index (κ2) is 5.70. The molecule has 0 radical (unpaired) electrons. The molecule has 0 saturated carbocycles. The van der Waals surface area contributed by atoms with Crippen LogP contribution >= 0.6 is 11.8 Å². The Morgan fingerprint density at radius 2 is 2.29 bits per heavy atom. The standard InChI is InChI=1S/C11H14O2S/c1-13-11-5-3-4-9(7-11)6-10(12)8-14-2/h3-5,7H,6,8H2,1-2H3. The molecular weight excluding hydrogens is 196 g/mol. The van der Waals surface area contributed by atoms with Crippen molar-refractivity contribution < 1.29 is 9.53 Å². The lowest BCUT2D eigenvalue weighted by Gasteiger charge is -2.03. The summed E-state index contributed by atoms with van der Waals surface area (Å²) in [5.41, 5.74) is 1.02. The van der Waals surface area contributed by atoms with E-state index in [0.29, 0.717) is 12.2 Å². The van der Waals surface area contributed by atoms with Gasteiger partial charge in [-0.1, -0.05) is 12.1 Å². The molecule has 1 aromatic rings. The number of hydrogen-bond acceptors (Lipinski definition) is 3. The molecule has 0 unspecified atom stereocenters. The summed E-state index contributed by atoms with van der Waals surface area (Å²) in [6, 6.07) is 7.63. The summed E-state index contributed by atoms with van der Waals surface area (Å²) in [5, 5.41) is 0. The maximum atomic E-state index is 11.4. The monoisotopic (exact) mass is 210 g/mol. The summed E-state index contributed by atoms with van der Waals surface area (Å²) in [4.78, 5) is 11.4. The third-order valence-electron chi connectivity index (χ3n) is 1.84. The molecule has 1 rings (SSSR count). The fourth-order valence-corrected chi connectivity index (χ4v) is 1.65. The third-order valence-corrected chi connectivity index (χ3v) is 2.45. The first-order valence-electron chi connectivity index (χ1n) is 4.40. The SMILES string of the molecule is COc1cccc(CC(=O)CSC)c1. The molecule has 0 heterocycles. The number of thioether (sulfide) groups is 1. The van der Waals surface area contributed by atoms with Crippen molar-refractivity contribution in [1.82, 2.24) is 0 Å². The molecule has 0 amide bonds. The molecule has 76 valence electrons. The Kier molecular flexibility index (Phi) is 4.53. The quantitative estimate of drug-likeness (QED) is 0.745. The van der Waals surface area contributed by atoms with Crippen molar-refractivity contribution in [1.29, 1.82) is 0 Å². The summed E-state index contributed by atoms with van der Waals surface area (Å²) in [6.07, 6.45) is 2.43. The summed E-state index contributed by atoms with van der Waals surface area (Å²) < 4.78 is 5.08. The average Bonchev–Trinajstić information content (AvgIpc) is 2.18. The Bertz CT molecular complexity index is 310. The lowest BCUT2D eigenvalue weighted by molar-refractivity contribution is -0.115. The van der Waals surface area contributed by atoms with Gasteiger partial charge in [0, 0.05) is 6.42 Å². The van der Waals surface area contributed by atoms with Crippen LogP contribution in [0.25, 0.3) is 0 Å². The highest BCUT2D eigenvalue weighted by molar-refractivity contribution is 7.99. The number of ketones is 1.